The molecule has 1 aromatic rings. The van der Waals surface area contributed by atoms with Crippen LogP contribution in [0.15, 0.2) is 35.3 Å². The Morgan fingerprint density at radius 3 is 2.53 bits per heavy atom. The minimum absolute atomic E-state index is 0.0826. The molecule has 2 rings (SSSR count). The van der Waals surface area contributed by atoms with Gasteiger partial charge in [-0.05, 0) is 12.8 Å². The second-order valence-corrected chi connectivity index (χ2v) is 4.52. The van der Waals surface area contributed by atoms with Gasteiger partial charge < -0.3 is 10.5 Å². The molecule has 0 spiro atoms. The van der Waals surface area contributed by atoms with Gasteiger partial charge in [0, 0.05) is 18.8 Å². The monoisotopic (exact) mass is 256 g/mol. The molecule has 98 valence electrons. The minimum atomic E-state index is -0.792. The number of benzene rings is 1. The summed E-state index contributed by atoms with van der Waals surface area (Å²) in [6.07, 6.45) is 1.06. The van der Waals surface area contributed by atoms with Crippen LogP contribution in [0.4, 0.5) is 0 Å². The van der Waals surface area contributed by atoms with E-state index in [1.165, 1.54) is 0 Å². The Morgan fingerprint density at radius 1 is 1.32 bits per heavy atom. The van der Waals surface area contributed by atoms with E-state index in [2.05, 4.69) is 11.1 Å². The third-order valence-electron chi connectivity index (χ3n) is 3.33. The maximum absolute atomic E-state index is 9.36. The zero-order valence-corrected chi connectivity index (χ0v) is 10.6. The first-order valence-corrected chi connectivity index (χ1v) is 6.15. The lowest BCUT2D eigenvalue weighted by Crippen LogP contribution is -2.41. The molecular formula is C14H16N4O. The number of nitriles is 1. The van der Waals surface area contributed by atoms with Crippen LogP contribution < -0.4 is 5.73 Å². The van der Waals surface area contributed by atoms with Gasteiger partial charge in [0.25, 0.3) is 0 Å². The van der Waals surface area contributed by atoms with Gasteiger partial charge in [-0.3, -0.25) is 5.41 Å². The fourth-order valence-corrected chi connectivity index (χ4v) is 2.03. The molecule has 1 aromatic carbocycles. The smallest absolute Gasteiger partial charge is 0.153 e. The molecular weight excluding hydrogens is 240 g/mol. The molecule has 1 aliphatic rings. The summed E-state index contributed by atoms with van der Waals surface area (Å²) < 4.78 is 5.25. The topological polar surface area (TPSA) is 95.3 Å². The lowest BCUT2D eigenvalue weighted by molar-refractivity contribution is 0.0639. The molecule has 0 aliphatic carbocycles. The highest BCUT2D eigenvalue weighted by molar-refractivity contribution is 6.06. The predicted molar refractivity (Wildman–Crippen MR) is 73.0 cm³/mol. The van der Waals surface area contributed by atoms with Crippen molar-refractivity contribution in [2.24, 2.45) is 16.1 Å². The Hall–Kier alpha value is -2.19. The number of nitrogens with two attached hydrogens (primary N) is 1. The lowest BCUT2D eigenvalue weighted by Gasteiger charge is -2.29. The zero-order chi connectivity index (χ0) is 13.7. The highest BCUT2D eigenvalue weighted by Crippen LogP contribution is 2.30. The second-order valence-electron chi connectivity index (χ2n) is 4.52. The van der Waals surface area contributed by atoms with E-state index in [1.807, 2.05) is 18.2 Å². The average Bonchev–Trinajstić information content (AvgIpc) is 2.48. The van der Waals surface area contributed by atoms with Gasteiger partial charge in [0.15, 0.2) is 5.84 Å². The first-order valence-electron chi connectivity index (χ1n) is 6.15. The van der Waals surface area contributed by atoms with Crippen molar-refractivity contribution in [1.29, 1.82) is 10.7 Å². The van der Waals surface area contributed by atoms with Crippen LogP contribution in [0.3, 0.4) is 0 Å². The number of nitrogens with zero attached hydrogens (tertiary/aromatic N) is 2. The maximum atomic E-state index is 9.36. The fraction of sp³-hybridized carbons (Fsp3) is 0.357. The van der Waals surface area contributed by atoms with Gasteiger partial charge in [0.1, 0.15) is 11.3 Å². The second kappa shape index (κ2) is 5.63. The molecule has 0 unspecified atom stereocenters. The van der Waals surface area contributed by atoms with Crippen molar-refractivity contribution < 1.29 is 4.74 Å². The van der Waals surface area contributed by atoms with E-state index in [1.54, 1.807) is 12.1 Å². The van der Waals surface area contributed by atoms with Gasteiger partial charge in [0.2, 0.25) is 0 Å². The molecule has 19 heavy (non-hydrogen) atoms. The van der Waals surface area contributed by atoms with Crippen LogP contribution in [0.25, 0.3) is 0 Å². The number of aliphatic imine (C=N–C) groups is 1. The molecule has 1 heterocycles. The van der Waals surface area contributed by atoms with Gasteiger partial charge in [-0.15, -0.1) is 0 Å². The summed E-state index contributed by atoms with van der Waals surface area (Å²) in [5.74, 6) is 0.298. The maximum Gasteiger partial charge on any atom is 0.153 e. The molecule has 0 saturated carbocycles. The van der Waals surface area contributed by atoms with Crippen molar-refractivity contribution in [3.05, 3.63) is 35.9 Å². The van der Waals surface area contributed by atoms with Crippen molar-refractivity contribution in [2.45, 2.75) is 12.8 Å². The summed E-state index contributed by atoms with van der Waals surface area (Å²) in [7, 11) is 0. The SMILES string of the molecule is N#CC1(C(N)=NC(=N)c2ccccc2)CCOCC1. The average molecular weight is 256 g/mol. The zero-order valence-electron chi connectivity index (χ0n) is 10.6. The standard InChI is InChI=1S/C14H16N4O/c15-10-14(6-8-19-9-7-14)13(17)18-12(16)11-4-2-1-3-5-11/h1-5H,6-9H2,(H3,16,17,18). The van der Waals surface area contributed by atoms with E-state index in [4.69, 9.17) is 15.9 Å². The molecule has 1 fully saturated rings. The van der Waals surface area contributed by atoms with Crippen molar-refractivity contribution in [2.75, 3.05) is 13.2 Å². The molecule has 5 nitrogen and oxygen atoms in total. The third-order valence-corrected chi connectivity index (χ3v) is 3.33. The summed E-state index contributed by atoms with van der Waals surface area (Å²) in [6, 6.07) is 11.4. The molecule has 1 aliphatic heterocycles. The van der Waals surface area contributed by atoms with Crippen LogP contribution in [0.1, 0.15) is 18.4 Å². The van der Waals surface area contributed by atoms with Gasteiger partial charge in [0.05, 0.1) is 6.07 Å². The van der Waals surface area contributed by atoms with E-state index < -0.39 is 5.41 Å². The molecule has 0 atom stereocenters. The summed E-state index contributed by atoms with van der Waals surface area (Å²) in [4.78, 5) is 4.11. The molecule has 3 N–H and O–H groups in total. The highest BCUT2D eigenvalue weighted by atomic mass is 16.5. The van der Waals surface area contributed by atoms with Crippen molar-refractivity contribution in [1.82, 2.24) is 0 Å². The number of hydrogen-bond donors (Lipinski definition) is 2. The number of amidine groups is 2. The largest absolute Gasteiger partial charge is 0.386 e. The Bertz CT molecular complexity index is 524. The molecule has 1 saturated heterocycles. The number of nitrogens with one attached hydrogen (secondary N) is 1. The van der Waals surface area contributed by atoms with Crippen LogP contribution >= 0.6 is 0 Å². The van der Waals surface area contributed by atoms with Crippen LogP contribution in [0.2, 0.25) is 0 Å². The molecule has 0 amide bonds. The van der Waals surface area contributed by atoms with Gasteiger partial charge in [-0.25, -0.2) is 4.99 Å². The van der Waals surface area contributed by atoms with Gasteiger partial charge in [-0.2, -0.15) is 5.26 Å². The van der Waals surface area contributed by atoms with E-state index >= 15 is 0 Å². The summed E-state index contributed by atoms with van der Waals surface area (Å²) in [5.41, 5.74) is 5.86. The molecule has 5 heteroatoms. The van der Waals surface area contributed by atoms with E-state index in [9.17, 15) is 5.26 Å². The number of ether oxygens (including phenoxy) is 1. The Labute approximate surface area is 112 Å². The van der Waals surface area contributed by atoms with Crippen LogP contribution in [-0.2, 0) is 4.74 Å². The summed E-state index contributed by atoms with van der Waals surface area (Å²) in [5, 5.41) is 17.3. The lowest BCUT2D eigenvalue weighted by atomic mass is 9.80. The highest BCUT2D eigenvalue weighted by Gasteiger charge is 2.37. The quantitative estimate of drug-likeness (QED) is 0.622. The summed E-state index contributed by atoms with van der Waals surface area (Å²) >= 11 is 0. The van der Waals surface area contributed by atoms with Crippen LogP contribution in [0.5, 0.6) is 0 Å². The molecule has 0 radical (unpaired) electrons. The summed E-state index contributed by atoms with van der Waals surface area (Å²) in [6.45, 7) is 1.00. The predicted octanol–water partition coefficient (Wildman–Crippen LogP) is 1.69. The van der Waals surface area contributed by atoms with Crippen LogP contribution in [-0.4, -0.2) is 24.9 Å². The van der Waals surface area contributed by atoms with Crippen LogP contribution in [0, 0.1) is 22.2 Å². The number of hydrogen-bond acceptors (Lipinski definition) is 3. The Morgan fingerprint density at radius 2 is 1.95 bits per heavy atom. The Balaban J connectivity index is 2.23. The Kier molecular flexibility index (Phi) is 3.93. The number of rotatable bonds is 2. The molecule has 0 aromatic heterocycles. The third kappa shape index (κ3) is 2.80. The van der Waals surface area contributed by atoms with E-state index in [0.717, 1.165) is 0 Å². The normalized spacial score (nSPS) is 18.6. The minimum Gasteiger partial charge on any atom is -0.386 e. The van der Waals surface area contributed by atoms with Gasteiger partial charge >= 0.3 is 0 Å². The van der Waals surface area contributed by atoms with Gasteiger partial charge in [-0.1, -0.05) is 30.3 Å². The van der Waals surface area contributed by atoms with Crippen molar-refractivity contribution in [3.8, 4) is 6.07 Å². The fourth-order valence-electron chi connectivity index (χ4n) is 2.03. The first-order chi connectivity index (χ1) is 9.18. The van der Waals surface area contributed by atoms with E-state index in [0.29, 0.717) is 31.6 Å². The first kappa shape index (κ1) is 13.2. The van der Waals surface area contributed by atoms with E-state index in [-0.39, 0.29) is 11.7 Å². The molecule has 0 bridgehead atoms. The van der Waals surface area contributed by atoms with Crippen molar-refractivity contribution >= 4 is 11.7 Å². The van der Waals surface area contributed by atoms with Crippen molar-refractivity contribution in [3.63, 3.8) is 0 Å².